The Labute approximate surface area is 50.1 Å². The molecule has 0 atom stereocenters. The molecule has 0 aromatic carbocycles. The summed E-state index contributed by atoms with van der Waals surface area (Å²) < 4.78 is 0.449. The molecule has 0 amide bonds. The summed E-state index contributed by atoms with van der Waals surface area (Å²) in [5, 5.41) is 7.69. The van der Waals surface area contributed by atoms with Crippen LogP contribution >= 0.6 is 22.9 Å². The summed E-state index contributed by atoms with van der Waals surface area (Å²) in [5.74, 6) is 0. The van der Waals surface area contributed by atoms with Crippen molar-refractivity contribution in [3.63, 3.8) is 0 Å². The van der Waals surface area contributed by atoms with Gasteiger partial charge in [0.2, 0.25) is 4.47 Å². The molecule has 0 aliphatic carbocycles. The van der Waals surface area contributed by atoms with Crippen LogP contribution in [0.4, 0.5) is 0 Å². The Morgan fingerprint density at radius 1 is 1.57 bits per heavy atom. The molecule has 1 aromatic rings. The Morgan fingerprint density at radius 2 is 2.29 bits per heavy atom. The highest BCUT2D eigenvalue weighted by molar-refractivity contribution is 7.15. The smallest absolute Gasteiger partial charge is 0.142 e. The lowest BCUT2D eigenvalue weighted by atomic mass is 10.9. The second-order valence-electron chi connectivity index (χ2n) is 0.949. The first kappa shape index (κ1) is 5.00. The van der Waals surface area contributed by atoms with Crippen LogP contribution in [0.1, 0.15) is 5.01 Å². The number of rotatable bonds is 0. The molecule has 2 nitrogen and oxygen atoms in total. The third-order valence-corrected chi connectivity index (χ3v) is 1.32. The van der Waals surface area contributed by atoms with Crippen LogP contribution in [0.2, 0.25) is 4.47 Å². The molecule has 4 heteroatoms. The number of nitrogens with zero attached hydrogens (tertiary/aromatic N) is 2. The first-order chi connectivity index (χ1) is 3.29. The Morgan fingerprint density at radius 3 is 2.43 bits per heavy atom. The van der Waals surface area contributed by atoms with E-state index in [1.807, 2.05) is 0 Å². The predicted molar refractivity (Wildman–Crippen MR) is 29.4 cm³/mol. The van der Waals surface area contributed by atoms with Gasteiger partial charge in [0.25, 0.3) is 0 Å². The van der Waals surface area contributed by atoms with E-state index in [9.17, 15) is 0 Å². The fourth-order valence-electron chi connectivity index (χ4n) is 0.233. The van der Waals surface area contributed by atoms with Crippen molar-refractivity contribution in [1.82, 2.24) is 10.2 Å². The van der Waals surface area contributed by atoms with Gasteiger partial charge in [0, 0.05) is 6.92 Å². The Hall–Kier alpha value is -0.150. The summed E-state index contributed by atoms with van der Waals surface area (Å²) in [7, 11) is 0. The maximum atomic E-state index is 5.37. The van der Waals surface area contributed by atoms with Crippen LogP contribution < -0.4 is 0 Å². The summed E-state index contributed by atoms with van der Waals surface area (Å²) >= 11 is 6.64. The lowest BCUT2D eigenvalue weighted by Crippen LogP contribution is -1.65. The van der Waals surface area contributed by atoms with Crippen molar-refractivity contribution in [2.24, 2.45) is 0 Å². The Balaban J connectivity index is 3.04. The van der Waals surface area contributed by atoms with Crippen LogP contribution in [-0.4, -0.2) is 10.2 Å². The SMILES string of the molecule is [CH2]c1nnc(Cl)s1. The molecular weight excluding hydrogens is 132 g/mol. The van der Waals surface area contributed by atoms with Crippen LogP contribution in [0.25, 0.3) is 0 Å². The maximum absolute atomic E-state index is 5.37. The number of halogens is 1. The van der Waals surface area contributed by atoms with Gasteiger partial charge in [0.05, 0.1) is 0 Å². The van der Waals surface area contributed by atoms with Gasteiger partial charge in [-0.3, -0.25) is 0 Å². The van der Waals surface area contributed by atoms with Crippen molar-refractivity contribution in [2.75, 3.05) is 0 Å². The molecule has 0 spiro atoms. The minimum Gasteiger partial charge on any atom is -0.142 e. The van der Waals surface area contributed by atoms with Crippen LogP contribution in [0.15, 0.2) is 0 Å². The number of hydrogen-bond acceptors (Lipinski definition) is 3. The van der Waals surface area contributed by atoms with E-state index < -0.39 is 0 Å². The monoisotopic (exact) mass is 133 g/mol. The van der Waals surface area contributed by atoms with E-state index in [1.165, 1.54) is 11.3 Å². The van der Waals surface area contributed by atoms with E-state index in [0.717, 1.165) is 0 Å². The molecule has 0 aliphatic heterocycles. The summed E-state index contributed by atoms with van der Waals surface area (Å²) in [6.45, 7) is 3.50. The summed E-state index contributed by atoms with van der Waals surface area (Å²) in [4.78, 5) is 0. The highest BCUT2D eigenvalue weighted by Crippen LogP contribution is 2.12. The van der Waals surface area contributed by atoms with Crippen molar-refractivity contribution >= 4 is 22.9 Å². The molecule has 0 unspecified atom stereocenters. The third kappa shape index (κ3) is 1.11. The quantitative estimate of drug-likeness (QED) is 0.534. The van der Waals surface area contributed by atoms with Crippen molar-refractivity contribution in [1.29, 1.82) is 0 Å². The fourth-order valence-corrected chi connectivity index (χ4v) is 0.896. The first-order valence-corrected chi connectivity index (χ1v) is 2.79. The van der Waals surface area contributed by atoms with Crippen LogP contribution in [0.3, 0.4) is 0 Å². The fraction of sp³-hybridized carbons (Fsp3) is 0. The largest absolute Gasteiger partial charge is 0.207 e. The lowest BCUT2D eigenvalue weighted by Gasteiger charge is -1.62. The highest BCUT2D eigenvalue weighted by Gasteiger charge is 1.91. The Kier molecular flexibility index (Phi) is 1.25. The van der Waals surface area contributed by atoms with Gasteiger partial charge < -0.3 is 0 Å². The maximum Gasteiger partial charge on any atom is 0.207 e. The van der Waals surface area contributed by atoms with E-state index in [4.69, 9.17) is 11.6 Å². The first-order valence-electron chi connectivity index (χ1n) is 1.60. The summed E-state index contributed by atoms with van der Waals surface area (Å²) in [6.07, 6.45) is 0. The zero-order chi connectivity index (χ0) is 5.28. The molecule has 0 aliphatic rings. The molecule has 0 saturated heterocycles. The molecule has 0 saturated carbocycles. The zero-order valence-electron chi connectivity index (χ0n) is 3.39. The van der Waals surface area contributed by atoms with E-state index in [2.05, 4.69) is 17.1 Å². The van der Waals surface area contributed by atoms with E-state index in [-0.39, 0.29) is 0 Å². The topological polar surface area (TPSA) is 25.8 Å². The van der Waals surface area contributed by atoms with Gasteiger partial charge >= 0.3 is 0 Å². The van der Waals surface area contributed by atoms with Crippen molar-refractivity contribution in [3.05, 3.63) is 16.4 Å². The Bertz CT molecular complexity index is 145. The molecule has 0 N–H and O–H groups in total. The van der Waals surface area contributed by atoms with E-state index in [1.54, 1.807) is 0 Å². The average Bonchev–Trinajstić information content (AvgIpc) is 1.87. The van der Waals surface area contributed by atoms with Gasteiger partial charge in [-0.25, -0.2) is 0 Å². The van der Waals surface area contributed by atoms with E-state index in [0.29, 0.717) is 9.47 Å². The molecule has 0 fully saturated rings. The lowest BCUT2D eigenvalue weighted by molar-refractivity contribution is 1.07. The third-order valence-electron chi connectivity index (χ3n) is 0.442. The van der Waals surface area contributed by atoms with Gasteiger partial charge in [0.15, 0.2) is 0 Å². The number of hydrogen-bond donors (Lipinski definition) is 0. The molecule has 1 radical (unpaired) electrons. The predicted octanol–water partition coefficient (Wildman–Crippen LogP) is 1.37. The number of aromatic nitrogens is 2. The second kappa shape index (κ2) is 1.76. The van der Waals surface area contributed by atoms with Crippen molar-refractivity contribution in [3.8, 4) is 0 Å². The second-order valence-corrected chi connectivity index (χ2v) is 2.59. The van der Waals surface area contributed by atoms with Gasteiger partial charge in [-0.1, -0.05) is 11.3 Å². The van der Waals surface area contributed by atoms with Gasteiger partial charge in [-0.2, -0.15) is 0 Å². The normalized spacial score (nSPS) is 9.43. The molecule has 0 bridgehead atoms. The zero-order valence-corrected chi connectivity index (χ0v) is 4.96. The minimum absolute atomic E-state index is 0.449. The molecule has 1 rings (SSSR count). The summed E-state index contributed by atoms with van der Waals surface area (Å²) in [5.41, 5.74) is 0. The molecule has 1 aromatic heterocycles. The molecular formula is C3H2ClN2S. The van der Waals surface area contributed by atoms with Crippen molar-refractivity contribution in [2.45, 2.75) is 0 Å². The van der Waals surface area contributed by atoms with Gasteiger partial charge in [-0.15, -0.1) is 10.2 Å². The van der Waals surface area contributed by atoms with Crippen LogP contribution in [0, 0.1) is 6.92 Å². The average molecular weight is 134 g/mol. The van der Waals surface area contributed by atoms with Crippen LogP contribution in [0.5, 0.6) is 0 Å². The minimum atomic E-state index is 0.449. The van der Waals surface area contributed by atoms with Gasteiger partial charge in [0.1, 0.15) is 5.01 Å². The molecule has 37 valence electrons. The highest BCUT2D eigenvalue weighted by atomic mass is 35.5. The van der Waals surface area contributed by atoms with Crippen molar-refractivity contribution < 1.29 is 0 Å². The molecule has 7 heavy (non-hydrogen) atoms. The van der Waals surface area contributed by atoms with Crippen LogP contribution in [-0.2, 0) is 0 Å². The van der Waals surface area contributed by atoms with Gasteiger partial charge in [-0.05, 0) is 11.6 Å². The standard InChI is InChI=1S/C3H2ClN2S/c1-2-5-6-3(4)7-2/h1H2. The van der Waals surface area contributed by atoms with E-state index >= 15 is 0 Å². The summed E-state index contributed by atoms with van der Waals surface area (Å²) in [6, 6.07) is 0. The molecule has 1 heterocycles.